The lowest BCUT2D eigenvalue weighted by Crippen LogP contribution is -1.99. The first-order chi connectivity index (χ1) is 6.68. The van der Waals surface area contributed by atoms with E-state index in [9.17, 15) is 4.79 Å². The molecule has 14 heavy (non-hydrogen) atoms. The van der Waals surface area contributed by atoms with Crippen molar-refractivity contribution in [1.29, 1.82) is 0 Å². The van der Waals surface area contributed by atoms with Crippen LogP contribution in [0.4, 0.5) is 0 Å². The molecule has 1 aliphatic carbocycles. The average Bonchev–Trinajstić information content (AvgIpc) is 2.44. The van der Waals surface area contributed by atoms with E-state index in [1.54, 1.807) is 0 Å². The molecule has 0 atom stereocenters. The van der Waals surface area contributed by atoms with Gasteiger partial charge in [0.2, 0.25) is 0 Å². The maximum atomic E-state index is 10.8. The van der Waals surface area contributed by atoms with Crippen molar-refractivity contribution in [2.45, 2.75) is 20.3 Å². The van der Waals surface area contributed by atoms with Crippen LogP contribution in [0.3, 0.4) is 0 Å². The summed E-state index contributed by atoms with van der Waals surface area (Å²) < 4.78 is 5.15. The fraction of sp³-hybridized carbons (Fsp3) is 0.250. The number of benzene rings is 1. The molecule has 2 heteroatoms. The van der Waals surface area contributed by atoms with Crippen LogP contribution >= 0.6 is 0 Å². The van der Waals surface area contributed by atoms with Crippen molar-refractivity contribution in [1.82, 2.24) is 0 Å². The molecular weight excluding hydrogens is 176 g/mol. The van der Waals surface area contributed by atoms with Crippen molar-refractivity contribution >= 4 is 11.5 Å². The molecule has 0 amide bonds. The van der Waals surface area contributed by atoms with E-state index in [1.807, 2.05) is 19.1 Å². The van der Waals surface area contributed by atoms with Gasteiger partial charge in [0.05, 0.1) is 0 Å². The minimum absolute atomic E-state index is 0.243. The molecule has 0 heterocycles. The summed E-state index contributed by atoms with van der Waals surface area (Å²) in [5.74, 6) is 0.547. The van der Waals surface area contributed by atoms with E-state index < -0.39 is 0 Å². The predicted octanol–water partition coefficient (Wildman–Crippen LogP) is 2.54. The van der Waals surface area contributed by atoms with Crippen LogP contribution in [-0.4, -0.2) is 5.97 Å². The van der Waals surface area contributed by atoms with Crippen LogP contribution in [0.25, 0.3) is 5.57 Å². The van der Waals surface area contributed by atoms with Gasteiger partial charge in [0.25, 0.3) is 0 Å². The molecular formula is C12H12O2. The predicted molar refractivity (Wildman–Crippen MR) is 54.5 cm³/mol. The number of carbonyl (C=O) groups excluding carboxylic acids is 1. The standard InChI is InChI=1S/C12H12O2/c1-8-11-6-4-3-5-10(11)7-12(8)14-9(2)13/h3-6H,7H2,1-2H3. The van der Waals surface area contributed by atoms with Gasteiger partial charge in [0.1, 0.15) is 5.76 Å². The quantitative estimate of drug-likeness (QED) is 0.633. The van der Waals surface area contributed by atoms with E-state index in [2.05, 4.69) is 12.1 Å². The molecule has 1 aromatic carbocycles. The Bertz CT molecular complexity index is 416. The van der Waals surface area contributed by atoms with Gasteiger partial charge in [-0.1, -0.05) is 24.3 Å². The number of ether oxygens (including phenoxy) is 1. The molecule has 0 saturated heterocycles. The molecule has 1 aromatic rings. The molecule has 72 valence electrons. The summed E-state index contributed by atoms with van der Waals surface area (Å²) in [5, 5.41) is 0. The highest BCUT2D eigenvalue weighted by molar-refractivity contribution is 5.77. The van der Waals surface area contributed by atoms with Crippen molar-refractivity contribution < 1.29 is 9.53 Å². The fourth-order valence-corrected chi connectivity index (χ4v) is 1.78. The Balaban J connectivity index is 2.34. The van der Waals surface area contributed by atoms with Gasteiger partial charge in [-0.2, -0.15) is 0 Å². The normalized spacial score (nSPS) is 14.1. The minimum Gasteiger partial charge on any atom is -0.431 e. The SMILES string of the molecule is CC(=O)OC1=C(C)c2ccccc2C1. The van der Waals surface area contributed by atoms with Gasteiger partial charge >= 0.3 is 5.97 Å². The summed E-state index contributed by atoms with van der Waals surface area (Å²) >= 11 is 0. The van der Waals surface area contributed by atoms with E-state index in [0.29, 0.717) is 0 Å². The van der Waals surface area contributed by atoms with Gasteiger partial charge < -0.3 is 4.74 Å². The fourth-order valence-electron chi connectivity index (χ4n) is 1.78. The lowest BCUT2D eigenvalue weighted by Gasteiger charge is -2.02. The Morgan fingerprint density at radius 1 is 1.36 bits per heavy atom. The molecule has 0 spiro atoms. The number of carbonyl (C=O) groups is 1. The molecule has 0 unspecified atom stereocenters. The Morgan fingerprint density at radius 2 is 2.07 bits per heavy atom. The lowest BCUT2D eigenvalue weighted by atomic mass is 10.1. The molecule has 0 aliphatic heterocycles. The Morgan fingerprint density at radius 3 is 2.71 bits per heavy atom. The number of hydrogen-bond acceptors (Lipinski definition) is 2. The van der Waals surface area contributed by atoms with Gasteiger partial charge in [-0.3, -0.25) is 4.79 Å². The molecule has 0 fully saturated rings. The van der Waals surface area contributed by atoms with E-state index in [1.165, 1.54) is 18.1 Å². The van der Waals surface area contributed by atoms with Crippen LogP contribution in [0.15, 0.2) is 30.0 Å². The highest BCUT2D eigenvalue weighted by Gasteiger charge is 2.19. The number of allylic oxidation sites excluding steroid dienone is 2. The van der Waals surface area contributed by atoms with E-state index in [0.717, 1.165) is 17.8 Å². The summed E-state index contributed by atoms with van der Waals surface area (Å²) in [6, 6.07) is 8.12. The first kappa shape index (κ1) is 9.00. The maximum absolute atomic E-state index is 10.8. The van der Waals surface area contributed by atoms with E-state index in [-0.39, 0.29) is 5.97 Å². The average molecular weight is 188 g/mol. The molecule has 0 aromatic heterocycles. The maximum Gasteiger partial charge on any atom is 0.307 e. The van der Waals surface area contributed by atoms with Crippen molar-refractivity contribution in [3.05, 3.63) is 41.2 Å². The van der Waals surface area contributed by atoms with Crippen LogP contribution in [0.1, 0.15) is 25.0 Å². The van der Waals surface area contributed by atoms with Gasteiger partial charge in [0.15, 0.2) is 0 Å². The minimum atomic E-state index is -0.243. The third kappa shape index (κ3) is 1.43. The lowest BCUT2D eigenvalue weighted by molar-refractivity contribution is -0.136. The van der Waals surface area contributed by atoms with Gasteiger partial charge in [0, 0.05) is 13.3 Å². The van der Waals surface area contributed by atoms with Crippen molar-refractivity contribution in [2.75, 3.05) is 0 Å². The van der Waals surface area contributed by atoms with Crippen molar-refractivity contribution in [2.24, 2.45) is 0 Å². The molecule has 0 radical (unpaired) electrons. The zero-order valence-corrected chi connectivity index (χ0v) is 8.33. The third-order valence-corrected chi connectivity index (χ3v) is 2.46. The Hall–Kier alpha value is -1.57. The van der Waals surface area contributed by atoms with Crippen LogP contribution < -0.4 is 0 Å². The number of rotatable bonds is 1. The van der Waals surface area contributed by atoms with Crippen LogP contribution in [0.5, 0.6) is 0 Å². The molecule has 0 bridgehead atoms. The molecule has 0 N–H and O–H groups in total. The van der Waals surface area contributed by atoms with Crippen LogP contribution in [0.2, 0.25) is 0 Å². The third-order valence-electron chi connectivity index (χ3n) is 2.46. The van der Waals surface area contributed by atoms with Crippen LogP contribution in [0, 0.1) is 0 Å². The number of hydrogen-bond donors (Lipinski definition) is 0. The first-order valence-corrected chi connectivity index (χ1v) is 4.65. The van der Waals surface area contributed by atoms with Crippen molar-refractivity contribution in [3.8, 4) is 0 Å². The first-order valence-electron chi connectivity index (χ1n) is 4.65. The summed E-state index contributed by atoms with van der Waals surface area (Å²) in [7, 11) is 0. The molecule has 2 rings (SSSR count). The molecule has 1 aliphatic rings. The topological polar surface area (TPSA) is 26.3 Å². The summed E-state index contributed by atoms with van der Waals surface area (Å²) in [4.78, 5) is 10.8. The second kappa shape index (κ2) is 3.29. The Labute approximate surface area is 83.2 Å². The second-order valence-corrected chi connectivity index (χ2v) is 3.48. The summed E-state index contributed by atoms with van der Waals surface area (Å²) in [5.41, 5.74) is 3.51. The number of esters is 1. The van der Waals surface area contributed by atoms with Crippen LogP contribution in [-0.2, 0) is 16.0 Å². The molecule has 2 nitrogen and oxygen atoms in total. The smallest absolute Gasteiger partial charge is 0.307 e. The second-order valence-electron chi connectivity index (χ2n) is 3.48. The van der Waals surface area contributed by atoms with Crippen molar-refractivity contribution in [3.63, 3.8) is 0 Å². The van der Waals surface area contributed by atoms with E-state index in [4.69, 9.17) is 4.74 Å². The molecule has 0 saturated carbocycles. The zero-order chi connectivity index (χ0) is 10.1. The highest BCUT2D eigenvalue weighted by atomic mass is 16.5. The van der Waals surface area contributed by atoms with E-state index >= 15 is 0 Å². The largest absolute Gasteiger partial charge is 0.431 e. The monoisotopic (exact) mass is 188 g/mol. The summed E-state index contributed by atoms with van der Waals surface area (Å²) in [6.45, 7) is 3.42. The highest BCUT2D eigenvalue weighted by Crippen LogP contribution is 2.32. The summed E-state index contributed by atoms with van der Waals surface area (Å²) in [6.07, 6.45) is 0.738. The Kier molecular flexibility index (Phi) is 2.12. The van der Waals surface area contributed by atoms with Gasteiger partial charge in [-0.25, -0.2) is 0 Å². The zero-order valence-electron chi connectivity index (χ0n) is 8.33. The number of fused-ring (bicyclic) bond motifs is 1. The van der Waals surface area contributed by atoms with Gasteiger partial charge in [-0.05, 0) is 23.6 Å². The van der Waals surface area contributed by atoms with Gasteiger partial charge in [-0.15, -0.1) is 0 Å².